The molecule has 4 heteroatoms. The lowest BCUT2D eigenvalue weighted by atomic mass is 9.95. The number of carbonyl (C=O) groups excluding carboxylic acids is 1. The van der Waals surface area contributed by atoms with Crippen LogP contribution < -0.4 is 11.1 Å². The third-order valence-electron chi connectivity index (χ3n) is 5.67. The molecule has 4 nitrogen and oxygen atoms in total. The summed E-state index contributed by atoms with van der Waals surface area (Å²) in [5, 5.41) is 3.58. The van der Waals surface area contributed by atoms with Crippen LogP contribution in [-0.4, -0.2) is 41.0 Å². The highest BCUT2D eigenvalue weighted by Gasteiger charge is 2.50. The van der Waals surface area contributed by atoms with E-state index in [-0.39, 0.29) is 5.91 Å². The van der Waals surface area contributed by atoms with Crippen molar-refractivity contribution in [2.45, 2.75) is 81.5 Å². The van der Waals surface area contributed by atoms with Gasteiger partial charge in [-0.15, -0.1) is 0 Å². The molecule has 4 aliphatic rings. The van der Waals surface area contributed by atoms with Crippen LogP contribution in [0.15, 0.2) is 0 Å². The number of rotatable bonds is 7. The van der Waals surface area contributed by atoms with E-state index in [1.807, 2.05) is 0 Å². The lowest BCUT2D eigenvalue weighted by Gasteiger charge is -2.32. The smallest absolute Gasteiger partial charge is 0.237 e. The molecule has 0 aromatic heterocycles. The Hall–Kier alpha value is -0.610. The first-order valence-electron chi connectivity index (χ1n) is 8.50. The maximum absolute atomic E-state index is 12.0. The summed E-state index contributed by atoms with van der Waals surface area (Å²) < 4.78 is 0. The average Bonchev–Trinajstić information content (AvgIpc) is 3.24. The average molecular weight is 277 g/mol. The summed E-state index contributed by atoms with van der Waals surface area (Å²) in [5.74, 6) is 0.824. The van der Waals surface area contributed by atoms with Gasteiger partial charge in [0.1, 0.15) is 0 Å². The minimum Gasteiger partial charge on any atom is -0.368 e. The summed E-state index contributed by atoms with van der Waals surface area (Å²) in [6, 6.07) is 1.95. The van der Waals surface area contributed by atoms with Gasteiger partial charge in [-0.1, -0.05) is 0 Å². The first-order chi connectivity index (χ1) is 9.66. The molecule has 2 unspecified atom stereocenters. The number of primary amides is 1. The second kappa shape index (κ2) is 4.70. The van der Waals surface area contributed by atoms with Crippen molar-refractivity contribution in [2.24, 2.45) is 11.7 Å². The third kappa shape index (κ3) is 2.60. The molecule has 2 atom stereocenters. The second-order valence-corrected chi connectivity index (χ2v) is 7.63. The summed E-state index contributed by atoms with van der Waals surface area (Å²) in [5.41, 5.74) is 5.36. The number of hydrogen-bond acceptors (Lipinski definition) is 3. The van der Waals surface area contributed by atoms with Gasteiger partial charge >= 0.3 is 0 Å². The van der Waals surface area contributed by atoms with Gasteiger partial charge in [0.05, 0.1) is 5.54 Å². The Morgan fingerprint density at radius 3 is 2.40 bits per heavy atom. The lowest BCUT2D eigenvalue weighted by Crippen LogP contribution is -2.55. The topological polar surface area (TPSA) is 58.4 Å². The van der Waals surface area contributed by atoms with Crippen LogP contribution in [0.25, 0.3) is 0 Å². The maximum Gasteiger partial charge on any atom is 0.237 e. The molecule has 0 heterocycles. The van der Waals surface area contributed by atoms with E-state index in [4.69, 9.17) is 5.73 Å². The van der Waals surface area contributed by atoms with Crippen molar-refractivity contribution < 1.29 is 4.79 Å². The number of nitrogens with zero attached hydrogens (tertiary/aromatic N) is 1. The van der Waals surface area contributed by atoms with Gasteiger partial charge in [0.25, 0.3) is 0 Å². The molecule has 1 amide bonds. The molecule has 0 aliphatic heterocycles. The van der Waals surface area contributed by atoms with Crippen LogP contribution in [0.5, 0.6) is 0 Å². The van der Waals surface area contributed by atoms with Gasteiger partial charge in [0.2, 0.25) is 5.91 Å². The summed E-state index contributed by atoms with van der Waals surface area (Å²) in [7, 11) is 0. The first kappa shape index (κ1) is 13.1. The fourth-order valence-corrected chi connectivity index (χ4v) is 3.95. The Morgan fingerprint density at radius 1 is 1.10 bits per heavy atom. The van der Waals surface area contributed by atoms with E-state index in [1.165, 1.54) is 45.1 Å². The van der Waals surface area contributed by atoms with Crippen molar-refractivity contribution in [3.8, 4) is 0 Å². The number of hydrogen-bond donors (Lipinski definition) is 2. The summed E-state index contributed by atoms with van der Waals surface area (Å²) in [6.07, 6.45) is 11.0. The van der Waals surface area contributed by atoms with Gasteiger partial charge in [-0.2, -0.15) is 0 Å². The molecular weight excluding hydrogens is 250 g/mol. The minimum atomic E-state index is -0.400. The Labute approximate surface area is 121 Å². The van der Waals surface area contributed by atoms with Crippen LogP contribution in [0.2, 0.25) is 0 Å². The van der Waals surface area contributed by atoms with Crippen LogP contribution in [-0.2, 0) is 4.79 Å². The van der Waals surface area contributed by atoms with E-state index >= 15 is 0 Å². The van der Waals surface area contributed by atoms with Crippen LogP contribution in [0.4, 0.5) is 0 Å². The molecule has 4 saturated carbocycles. The van der Waals surface area contributed by atoms with E-state index in [0.29, 0.717) is 12.1 Å². The molecule has 0 aromatic carbocycles. The standard InChI is InChI=1S/C16H27N3O/c17-15(20)16(18-12-3-4-12)8-7-14(9-16)19(13-5-6-13)10-11-1-2-11/h11-14,18H,1-10H2,(H2,17,20). The minimum absolute atomic E-state index is 0.117. The number of carbonyl (C=O) groups is 1. The van der Waals surface area contributed by atoms with E-state index in [1.54, 1.807) is 0 Å². The SMILES string of the molecule is NC(=O)C1(NC2CC2)CCC(N(CC2CC2)C2CC2)C1. The molecule has 3 N–H and O–H groups in total. The van der Waals surface area contributed by atoms with Crippen LogP contribution in [0.3, 0.4) is 0 Å². The highest BCUT2D eigenvalue weighted by atomic mass is 16.1. The van der Waals surface area contributed by atoms with Gasteiger partial charge in [-0.05, 0) is 63.7 Å². The van der Waals surface area contributed by atoms with Gasteiger partial charge in [0.15, 0.2) is 0 Å². The highest BCUT2D eigenvalue weighted by molar-refractivity contribution is 5.85. The number of amides is 1. The summed E-state index contributed by atoms with van der Waals surface area (Å²) in [4.78, 5) is 14.7. The Bertz CT molecular complexity index is 401. The van der Waals surface area contributed by atoms with Crippen molar-refractivity contribution in [2.75, 3.05) is 6.54 Å². The normalized spacial score (nSPS) is 37.5. The van der Waals surface area contributed by atoms with Crippen LogP contribution >= 0.6 is 0 Å². The predicted molar refractivity (Wildman–Crippen MR) is 78.2 cm³/mol. The molecule has 20 heavy (non-hydrogen) atoms. The van der Waals surface area contributed by atoms with E-state index in [2.05, 4.69) is 10.2 Å². The van der Waals surface area contributed by atoms with Crippen LogP contribution in [0.1, 0.15) is 57.8 Å². The highest BCUT2D eigenvalue weighted by Crippen LogP contribution is 2.42. The zero-order valence-corrected chi connectivity index (χ0v) is 12.3. The Balaban J connectivity index is 1.44. The van der Waals surface area contributed by atoms with Crippen LogP contribution in [0, 0.1) is 5.92 Å². The zero-order chi connectivity index (χ0) is 13.7. The molecule has 0 spiro atoms. The largest absolute Gasteiger partial charge is 0.368 e. The van der Waals surface area contributed by atoms with Crippen molar-refractivity contribution >= 4 is 5.91 Å². The van der Waals surface area contributed by atoms with Gasteiger partial charge < -0.3 is 11.1 Å². The third-order valence-corrected chi connectivity index (χ3v) is 5.67. The Kier molecular flexibility index (Phi) is 3.08. The van der Waals surface area contributed by atoms with Crippen molar-refractivity contribution in [3.05, 3.63) is 0 Å². The Morgan fingerprint density at radius 2 is 1.85 bits per heavy atom. The maximum atomic E-state index is 12.0. The van der Waals surface area contributed by atoms with Crippen molar-refractivity contribution in [1.82, 2.24) is 10.2 Å². The van der Waals surface area contributed by atoms with Gasteiger partial charge in [0, 0.05) is 24.7 Å². The summed E-state index contributed by atoms with van der Waals surface area (Å²) >= 11 is 0. The van der Waals surface area contributed by atoms with Crippen molar-refractivity contribution in [3.63, 3.8) is 0 Å². The second-order valence-electron chi connectivity index (χ2n) is 7.63. The molecule has 0 bridgehead atoms. The molecule has 0 saturated heterocycles. The van der Waals surface area contributed by atoms with E-state index in [9.17, 15) is 4.79 Å². The molecule has 4 fully saturated rings. The first-order valence-corrected chi connectivity index (χ1v) is 8.50. The predicted octanol–water partition coefficient (Wildman–Crippen LogP) is 1.39. The molecule has 0 aromatic rings. The quantitative estimate of drug-likeness (QED) is 0.739. The number of nitrogens with two attached hydrogens (primary N) is 1. The van der Waals surface area contributed by atoms with E-state index in [0.717, 1.165) is 31.2 Å². The zero-order valence-electron chi connectivity index (χ0n) is 12.3. The van der Waals surface area contributed by atoms with Crippen molar-refractivity contribution in [1.29, 1.82) is 0 Å². The molecule has 4 aliphatic carbocycles. The number of nitrogens with one attached hydrogen (secondary N) is 1. The lowest BCUT2D eigenvalue weighted by molar-refractivity contribution is -0.124. The van der Waals surface area contributed by atoms with Gasteiger partial charge in [-0.25, -0.2) is 0 Å². The molecular formula is C16H27N3O. The molecule has 4 rings (SSSR count). The monoisotopic (exact) mass is 277 g/mol. The molecule has 0 radical (unpaired) electrons. The van der Waals surface area contributed by atoms with E-state index < -0.39 is 5.54 Å². The molecule has 112 valence electrons. The fourth-order valence-electron chi connectivity index (χ4n) is 3.95. The fraction of sp³-hybridized carbons (Fsp3) is 0.938. The summed E-state index contributed by atoms with van der Waals surface area (Å²) in [6.45, 7) is 1.27. The van der Waals surface area contributed by atoms with Gasteiger partial charge in [-0.3, -0.25) is 9.69 Å².